The van der Waals surface area contributed by atoms with Crippen molar-refractivity contribution < 1.29 is 9.90 Å². The van der Waals surface area contributed by atoms with Crippen molar-refractivity contribution in [3.63, 3.8) is 0 Å². The molecule has 1 heterocycles. The molecule has 0 spiro atoms. The van der Waals surface area contributed by atoms with Crippen LogP contribution in [-0.2, 0) is 0 Å². The number of H-pyrrole nitrogens is 1. The molecule has 0 saturated carbocycles. The lowest BCUT2D eigenvalue weighted by Crippen LogP contribution is -2.22. The van der Waals surface area contributed by atoms with Gasteiger partial charge in [0.1, 0.15) is 0 Å². The Morgan fingerprint density at radius 3 is 2.86 bits per heavy atom. The van der Waals surface area contributed by atoms with E-state index in [1.165, 1.54) is 0 Å². The van der Waals surface area contributed by atoms with Crippen LogP contribution in [0.4, 0.5) is 4.79 Å². The van der Waals surface area contributed by atoms with E-state index in [1.54, 1.807) is 18.2 Å². The molecule has 0 aliphatic rings. The SMILES string of the molecule is Cc1ccc2c(=O)n(C(=O)O)[nH]c2c1. The monoisotopic (exact) mass is 192 g/mol. The van der Waals surface area contributed by atoms with Crippen LogP contribution in [0.3, 0.4) is 0 Å². The largest absolute Gasteiger partial charge is 0.463 e. The first-order valence-electron chi connectivity index (χ1n) is 4.04. The molecule has 0 bridgehead atoms. The lowest BCUT2D eigenvalue weighted by atomic mass is 10.2. The van der Waals surface area contributed by atoms with E-state index in [1.807, 2.05) is 6.92 Å². The van der Waals surface area contributed by atoms with E-state index in [0.29, 0.717) is 15.6 Å². The van der Waals surface area contributed by atoms with Gasteiger partial charge in [-0.15, -0.1) is 4.68 Å². The lowest BCUT2D eigenvalue weighted by molar-refractivity contribution is 0.192. The van der Waals surface area contributed by atoms with Gasteiger partial charge in [-0.25, -0.2) is 4.79 Å². The number of rotatable bonds is 0. The third kappa shape index (κ3) is 1.10. The van der Waals surface area contributed by atoms with Crippen molar-refractivity contribution in [1.29, 1.82) is 0 Å². The van der Waals surface area contributed by atoms with Crippen LogP contribution in [-0.4, -0.2) is 21.0 Å². The minimum Gasteiger partial charge on any atom is -0.463 e. The van der Waals surface area contributed by atoms with Crippen molar-refractivity contribution in [3.05, 3.63) is 34.1 Å². The number of benzene rings is 1. The molecule has 5 heteroatoms. The van der Waals surface area contributed by atoms with Crippen LogP contribution in [0.15, 0.2) is 23.0 Å². The van der Waals surface area contributed by atoms with Gasteiger partial charge >= 0.3 is 6.09 Å². The van der Waals surface area contributed by atoms with Crippen molar-refractivity contribution in [2.45, 2.75) is 6.92 Å². The summed E-state index contributed by atoms with van der Waals surface area (Å²) in [5.74, 6) is 0. The van der Waals surface area contributed by atoms with E-state index >= 15 is 0 Å². The second kappa shape index (κ2) is 2.73. The quantitative estimate of drug-likeness (QED) is 0.657. The summed E-state index contributed by atoms with van der Waals surface area (Å²) in [4.78, 5) is 22.0. The average molecular weight is 192 g/mol. The van der Waals surface area contributed by atoms with E-state index in [9.17, 15) is 9.59 Å². The topological polar surface area (TPSA) is 75.1 Å². The Morgan fingerprint density at radius 1 is 1.50 bits per heavy atom. The zero-order valence-electron chi connectivity index (χ0n) is 7.44. The van der Waals surface area contributed by atoms with E-state index < -0.39 is 11.7 Å². The Labute approximate surface area is 78.6 Å². The Morgan fingerprint density at radius 2 is 2.21 bits per heavy atom. The molecular formula is C9H8N2O3. The number of nitrogens with zero attached hydrogens (tertiary/aromatic N) is 1. The summed E-state index contributed by atoms with van der Waals surface area (Å²) in [6.07, 6.45) is -1.30. The molecule has 0 radical (unpaired) electrons. The zero-order valence-corrected chi connectivity index (χ0v) is 7.44. The molecule has 0 aliphatic carbocycles. The second-order valence-corrected chi connectivity index (χ2v) is 3.08. The summed E-state index contributed by atoms with van der Waals surface area (Å²) in [6, 6.07) is 5.11. The van der Waals surface area contributed by atoms with Crippen LogP contribution in [0.25, 0.3) is 10.9 Å². The first-order valence-corrected chi connectivity index (χ1v) is 4.04. The maximum Gasteiger partial charge on any atom is 0.433 e. The van der Waals surface area contributed by atoms with Crippen molar-refractivity contribution in [2.24, 2.45) is 0 Å². The van der Waals surface area contributed by atoms with Gasteiger partial charge in [0.2, 0.25) is 0 Å². The molecule has 0 aliphatic heterocycles. The van der Waals surface area contributed by atoms with Crippen LogP contribution in [0, 0.1) is 6.92 Å². The summed E-state index contributed by atoms with van der Waals surface area (Å²) >= 11 is 0. The highest BCUT2D eigenvalue weighted by atomic mass is 16.4. The lowest BCUT2D eigenvalue weighted by Gasteiger charge is -1.90. The molecule has 5 nitrogen and oxygen atoms in total. The fourth-order valence-corrected chi connectivity index (χ4v) is 1.36. The number of aromatic nitrogens is 2. The fourth-order valence-electron chi connectivity index (χ4n) is 1.36. The van der Waals surface area contributed by atoms with Crippen molar-refractivity contribution in [1.82, 2.24) is 9.78 Å². The standard InChI is InChI=1S/C9H8N2O3/c1-5-2-3-6-7(4-5)10-11(8(6)12)9(13)14/h2-4,10H,1H3,(H,13,14). The average Bonchev–Trinajstić information content (AvgIpc) is 2.43. The van der Waals surface area contributed by atoms with E-state index in [2.05, 4.69) is 5.10 Å². The molecule has 1 aromatic heterocycles. The van der Waals surface area contributed by atoms with Crippen LogP contribution in [0.1, 0.15) is 5.56 Å². The number of carboxylic acid groups (broad SMARTS) is 1. The molecule has 1 aromatic carbocycles. The summed E-state index contributed by atoms with van der Waals surface area (Å²) < 4.78 is 0.574. The zero-order chi connectivity index (χ0) is 10.3. The van der Waals surface area contributed by atoms with Crippen LogP contribution >= 0.6 is 0 Å². The normalized spacial score (nSPS) is 10.6. The first-order chi connectivity index (χ1) is 6.59. The highest BCUT2D eigenvalue weighted by Crippen LogP contribution is 2.09. The number of hydrogen-bond donors (Lipinski definition) is 2. The number of nitrogens with one attached hydrogen (secondary N) is 1. The third-order valence-electron chi connectivity index (χ3n) is 2.03. The van der Waals surface area contributed by atoms with Crippen molar-refractivity contribution in [2.75, 3.05) is 0 Å². The number of fused-ring (bicyclic) bond motifs is 1. The van der Waals surface area contributed by atoms with Gasteiger partial charge in [0, 0.05) is 0 Å². The van der Waals surface area contributed by atoms with Gasteiger partial charge in [-0.3, -0.25) is 9.89 Å². The van der Waals surface area contributed by atoms with Gasteiger partial charge in [0.05, 0.1) is 10.9 Å². The van der Waals surface area contributed by atoms with Gasteiger partial charge < -0.3 is 5.11 Å². The molecule has 2 N–H and O–H groups in total. The molecule has 0 amide bonds. The minimum absolute atomic E-state index is 0.387. The molecular weight excluding hydrogens is 184 g/mol. The Kier molecular flexibility index (Phi) is 1.67. The maximum absolute atomic E-state index is 11.4. The maximum atomic E-state index is 11.4. The Bertz CT molecular complexity index is 565. The van der Waals surface area contributed by atoms with Gasteiger partial charge in [0.15, 0.2) is 0 Å². The van der Waals surface area contributed by atoms with E-state index in [4.69, 9.17) is 5.11 Å². The van der Waals surface area contributed by atoms with Crippen molar-refractivity contribution >= 4 is 17.0 Å². The van der Waals surface area contributed by atoms with Crippen molar-refractivity contribution in [3.8, 4) is 0 Å². The molecule has 0 saturated heterocycles. The second-order valence-electron chi connectivity index (χ2n) is 3.08. The smallest absolute Gasteiger partial charge is 0.433 e. The molecule has 2 aromatic rings. The van der Waals surface area contributed by atoms with Crippen LogP contribution < -0.4 is 5.56 Å². The predicted octanol–water partition coefficient (Wildman–Crippen LogP) is 1.16. The predicted molar refractivity (Wildman–Crippen MR) is 50.7 cm³/mol. The number of hydrogen-bond acceptors (Lipinski definition) is 2. The summed E-state index contributed by atoms with van der Waals surface area (Å²) in [5.41, 5.74) is 0.973. The fraction of sp³-hybridized carbons (Fsp3) is 0.111. The van der Waals surface area contributed by atoms with Crippen LogP contribution in [0.5, 0.6) is 0 Å². The molecule has 2 rings (SSSR count). The van der Waals surface area contributed by atoms with Gasteiger partial charge in [-0.1, -0.05) is 6.07 Å². The highest BCUT2D eigenvalue weighted by molar-refractivity contribution is 5.82. The molecule has 0 unspecified atom stereocenters. The molecule has 72 valence electrons. The van der Waals surface area contributed by atoms with E-state index in [0.717, 1.165) is 5.56 Å². The first kappa shape index (κ1) is 8.55. The van der Waals surface area contributed by atoms with Gasteiger partial charge in [0.25, 0.3) is 5.56 Å². The molecule has 14 heavy (non-hydrogen) atoms. The number of aromatic amines is 1. The highest BCUT2D eigenvalue weighted by Gasteiger charge is 2.10. The summed E-state index contributed by atoms with van der Waals surface area (Å²) in [7, 11) is 0. The Balaban J connectivity index is 2.87. The van der Waals surface area contributed by atoms with E-state index in [-0.39, 0.29) is 0 Å². The number of aryl methyl sites for hydroxylation is 1. The van der Waals surface area contributed by atoms with Crippen LogP contribution in [0.2, 0.25) is 0 Å². The van der Waals surface area contributed by atoms with Gasteiger partial charge in [-0.2, -0.15) is 0 Å². The number of carbonyl (C=O) groups is 1. The minimum atomic E-state index is -1.30. The third-order valence-corrected chi connectivity index (χ3v) is 2.03. The molecule has 0 fully saturated rings. The summed E-state index contributed by atoms with van der Waals surface area (Å²) in [5, 5.41) is 11.6. The van der Waals surface area contributed by atoms with Gasteiger partial charge in [-0.05, 0) is 24.6 Å². The molecule has 0 atom stereocenters. The Hall–Kier alpha value is -2.04. The summed E-state index contributed by atoms with van der Waals surface area (Å²) in [6.45, 7) is 1.87.